The Bertz CT molecular complexity index is 1260. The largest absolute Gasteiger partial charge is 0.482 e. The average molecular weight is 517 g/mol. The lowest BCUT2D eigenvalue weighted by molar-refractivity contribution is -0.141. The SMILES string of the molecule is CC(Oc1cc(-c2ccc(C(=O)NC3CCN(C)CC3)cc2)cnc1N)c1cccc(F)c1C(F)(F)F. The molecule has 196 valence electrons. The van der Waals surface area contributed by atoms with Crippen LogP contribution in [0.25, 0.3) is 11.1 Å². The van der Waals surface area contributed by atoms with Gasteiger partial charge >= 0.3 is 6.18 Å². The fraction of sp³-hybridized carbons (Fsp3) is 0.333. The van der Waals surface area contributed by atoms with Crippen LogP contribution >= 0.6 is 0 Å². The lowest BCUT2D eigenvalue weighted by Crippen LogP contribution is -2.43. The Morgan fingerprint density at radius 2 is 1.81 bits per heavy atom. The number of carbonyl (C=O) groups excluding carboxylic acids is 1. The zero-order chi connectivity index (χ0) is 26.7. The zero-order valence-corrected chi connectivity index (χ0v) is 20.5. The fourth-order valence-corrected chi connectivity index (χ4v) is 4.38. The minimum Gasteiger partial charge on any atom is -0.482 e. The second-order valence-corrected chi connectivity index (χ2v) is 9.20. The molecule has 3 N–H and O–H groups in total. The van der Waals surface area contributed by atoms with Gasteiger partial charge in [-0.25, -0.2) is 9.37 Å². The number of rotatable bonds is 6. The van der Waals surface area contributed by atoms with Crippen LogP contribution < -0.4 is 15.8 Å². The quantitative estimate of drug-likeness (QED) is 0.426. The van der Waals surface area contributed by atoms with Crippen LogP contribution in [0.4, 0.5) is 23.4 Å². The standard InChI is InChI=1S/C27H28F4N4O2/c1-16(21-4-3-5-22(28)24(21)27(29,30)31)37-23-14-19(15-33-25(23)32)17-6-8-18(9-7-17)26(36)34-20-10-12-35(2)13-11-20/h3-9,14-16,20H,10-13H2,1-2H3,(H2,32,33)(H,34,36). The number of pyridine rings is 1. The van der Waals surface area contributed by atoms with Crippen molar-refractivity contribution in [1.29, 1.82) is 0 Å². The van der Waals surface area contributed by atoms with Crippen molar-refractivity contribution in [2.75, 3.05) is 25.9 Å². The van der Waals surface area contributed by atoms with Gasteiger partial charge in [0.25, 0.3) is 5.91 Å². The smallest absolute Gasteiger partial charge is 0.419 e. The second kappa shape index (κ2) is 10.8. The Morgan fingerprint density at radius 3 is 2.46 bits per heavy atom. The summed E-state index contributed by atoms with van der Waals surface area (Å²) in [4.78, 5) is 19.0. The van der Waals surface area contributed by atoms with Crippen molar-refractivity contribution in [2.45, 2.75) is 38.1 Å². The van der Waals surface area contributed by atoms with Crippen LogP contribution in [-0.4, -0.2) is 42.0 Å². The first-order valence-electron chi connectivity index (χ1n) is 11.9. The molecule has 4 rings (SSSR count). The highest BCUT2D eigenvalue weighted by Gasteiger charge is 2.38. The van der Waals surface area contributed by atoms with Gasteiger partial charge in [0.2, 0.25) is 0 Å². The van der Waals surface area contributed by atoms with Gasteiger partial charge in [-0.3, -0.25) is 4.79 Å². The molecule has 2 heterocycles. The lowest BCUT2D eigenvalue weighted by atomic mass is 10.0. The molecule has 1 saturated heterocycles. The van der Waals surface area contributed by atoms with Gasteiger partial charge in [-0.2, -0.15) is 13.2 Å². The van der Waals surface area contributed by atoms with E-state index in [9.17, 15) is 22.4 Å². The highest BCUT2D eigenvalue weighted by Crippen LogP contribution is 2.38. The van der Waals surface area contributed by atoms with Crippen molar-refractivity contribution in [2.24, 2.45) is 0 Å². The molecule has 1 aliphatic rings. The third-order valence-electron chi connectivity index (χ3n) is 6.49. The molecule has 37 heavy (non-hydrogen) atoms. The van der Waals surface area contributed by atoms with Crippen LogP contribution in [0, 0.1) is 5.82 Å². The van der Waals surface area contributed by atoms with E-state index in [0.717, 1.165) is 32.0 Å². The van der Waals surface area contributed by atoms with E-state index in [1.807, 2.05) is 0 Å². The highest BCUT2D eigenvalue weighted by atomic mass is 19.4. The number of hydrogen-bond acceptors (Lipinski definition) is 5. The summed E-state index contributed by atoms with van der Waals surface area (Å²) < 4.78 is 60.1. The summed E-state index contributed by atoms with van der Waals surface area (Å²) in [7, 11) is 2.06. The predicted molar refractivity (Wildman–Crippen MR) is 133 cm³/mol. The molecule has 0 radical (unpaired) electrons. The van der Waals surface area contributed by atoms with Crippen LogP contribution in [0.5, 0.6) is 5.75 Å². The summed E-state index contributed by atoms with van der Waals surface area (Å²) in [5, 5.41) is 3.07. The van der Waals surface area contributed by atoms with Crippen LogP contribution in [0.3, 0.4) is 0 Å². The number of aromatic nitrogens is 1. The van der Waals surface area contributed by atoms with Gasteiger partial charge in [0.1, 0.15) is 11.9 Å². The molecular weight excluding hydrogens is 488 g/mol. The number of nitrogens with one attached hydrogen (secondary N) is 1. The van der Waals surface area contributed by atoms with Crippen LogP contribution in [-0.2, 0) is 6.18 Å². The third-order valence-corrected chi connectivity index (χ3v) is 6.49. The first-order valence-corrected chi connectivity index (χ1v) is 11.9. The average Bonchev–Trinajstić information content (AvgIpc) is 2.86. The molecule has 0 saturated carbocycles. The van der Waals surface area contributed by atoms with Gasteiger partial charge < -0.3 is 20.7 Å². The van der Waals surface area contributed by atoms with Gasteiger partial charge in [0, 0.05) is 28.9 Å². The van der Waals surface area contributed by atoms with E-state index < -0.39 is 23.7 Å². The molecule has 0 spiro atoms. The maximum absolute atomic E-state index is 14.0. The van der Waals surface area contributed by atoms with Crippen molar-refractivity contribution >= 4 is 11.7 Å². The number of carbonyl (C=O) groups is 1. The van der Waals surface area contributed by atoms with E-state index >= 15 is 0 Å². The number of anilines is 1. The number of ether oxygens (including phenoxy) is 1. The molecule has 1 unspecified atom stereocenters. The summed E-state index contributed by atoms with van der Waals surface area (Å²) in [6, 6.07) is 11.7. The number of alkyl halides is 3. The molecular formula is C27H28F4N4O2. The molecule has 1 amide bonds. The summed E-state index contributed by atoms with van der Waals surface area (Å²) in [5.41, 5.74) is 6.01. The molecule has 2 aromatic carbocycles. The highest BCUT2D eigenvalue weighted by molar-refractivity contribution is 5.94. The van der Waals surface area contributed by atoms with Crippen molar-refractivity contribution in [3.8, 4) is 16.9 Å². The normalized spacial score (nSPS) is 15.8. The molecule has 1 atom stereocenters. The van der Waals surface area contributed by atoms with E-state index in [1.165, 1.54) is 25.3 Å². The van der Waals surface area contributed by atoms with Crippen molar-refractivity contribution in [3.63, 3.8) is 0 Å². The summed E-state index contributed by atoms with van der Waals surface area (Å²) in [6.45, 7) is 3.26. The molecule has 6 nitrogen and oxygen atoms in total. The number of hydrogen-bond donors (Lipinski definition) is 2. The molecule has 1 aliphatic heterocycles. The summed E-state index contributed by atoms with van der Waals surface area (Å²) in [5.74, 6) is -1.48. The molecule has 10 heteroatoms. The van der Waals surface area contributed by atoms with E-state index in [-0.39, 0.29) is 29.1 Å². The van der Waals surface area contributed by atoms with E-state index in [0.29, 0.717) is 16.7 Å². The van der Waals surface area contributed by atoms with Crippen molar-refractivity contribution < 1.29 is 27.1 Å². The second-order valence-electron chi connectivity index (χ2n) is 9.20. The van der Waals surface area contributed by atoms with Gasteiger partial charge in [0.15, 0.2) is 11.6 Å². The number of nitrogen functional groups attached to an aromatic ring is 1. The summed E-state index contributed by atoms with van der Waals surface area (Å²) in [6.07, 6.45) is -2.73. The van der Waals surface area contributed by atoms with Crippen LogP contribution in [0.2, 0.25) is 0 Å². The maximum atomic E-state index is 14.0. The lowest BCUT2D eigenvalue weighted by Gasteiger charge is -2.29. The number of likely N-dealkylation sites (tertiary alicyclic amines) is 1. The van der Waals surface area contributed by atoms with Gasteiger partial charge in [-0.1, -0.05) is 24.3 Å². The number of halogens is 4. The monoisotopic (exact) mass is 516 g/mol. The first kappa shape index (κ1) is 26.4. The summed E-state index contributed by atoms with van der Waals surface area (Å²) >= 11 is 0. The van der Waals surface area contributed by atoms with E-state index in [2.05, 4.69) is 22.2 Å². The molecule has 3 aromatic rings. The Labute approximate surface area is 212 Å². The van der Waals surface area contributed by atoms with Gasteiger partial charge in [-0.15, -0.1) is 0 Å². The maximum Gasteiger partial charge on any atom is 0.419 e. The Kier molecular flexibility index (Phi) is 7.68. The number of amides is 1. The van der Waals surface area contributed by atoms with Crippen molar-refractivity contribution in [3.05, 3.63) is 77.2 Å². The van der Waals surface area contributed by atoms with Crippen LogP contribution in [0.1, 0.15) is 47.4 Å². The van der Waals surface area contributed by atoms with Gasteiger partial charge in [-0.05, 0) is 69.7 Å². The van der Waals surface area contributed by atoms with E-state index in [1.54, 1.807) is 30.3 Å². The molecule has 1 aromatic heterocycles. The predicted octanol–water partition coefficient (Wildman–Crippen LogP) is 5.45. The zero-order valence-electron chi connectivity index (χ0n) is 20.5. The van der Waals surface area contributed by atoms with Gasteiger partial charge in [0.05, 0.1) is 5.56 Å². The number of nitrogens with two attached hydrogens (primary N) is 1. The minimum atomic E-state index is -4.88. The minimum absolute atomic E-state index is 0.0188. The third kappa shape index (κ3) is 6.19. The molecule has 0 bridgehead atoms. The van der Waals surface area contributed by atoms with Crippen molar-refractivity contribution in [1.82, 2.24) is 15.2 Å². The van der Waals surface area contributed by atoms with Crippen LogP contribution in [0.15, 0.2) is 54.7 Å². The number of benzene rings is 2. The first-order chi connectivity index (χ1) is 17.5. The Balaban J connectivity index is 1.50. The molecule has 1 fully saturated rings. The fourth-order valence-electron chi connectivity index (χ4n) is 4.38. The Hall–Kier alpha value is -3.66. The topological polar surface area (TPSA) is 80.5 Å². The number of piperidine rings is 1. The van der Waals surface area contributed by atoms with E-state index in [4.69, 9.17) is 10.5 Å². The Morgan fingerprint density at radius 1 is 1.14 bits per heavy atom. The number of nitrogens with zero attached hydrogens (tertiary/aromatic N) is 2. The molecule has 0 aliphatic carbocycles.